The monoisotopic (exact) mass is 333 g/mol. The van der Waals surface area contributed by atoms with Crippen molar-refractivity contribution in [2.24, 2.45) is 0 Å². The van der Waals surface area contributed by atoms with E-state index in [1.54, 1.807) is 6.07 Å². The van der Waals surface area contributed by atoms with Crippen LogP contribution in [0.15, 0.2) is 30.3 Å². The van der Waals surface area contributed by atoms with Crippen molar-refractivity contribution in [3.05, 3.63) is 51.5 Å². The molecule has 0 bridgehead atoms. The summed E-state index contributed by atoms with van der Waals surface area (Å²) in [7, 11) is 0. The highest BCUT2D eigenvalue weighted by Crippen LogP contribution is 2.30. The first-order valence-electron chi connectivity index (χ1n) is 7.46. The van der Waals surface area contributed by atoms with Gasteiger partial charge in [-0.25, -0.2) is 9.18 Å². The van der Waals surface area contributed by atoms with E-state index in [-0.39, 0.29) is 0 Å². The molecule has 1 aliphatic rings. The van der Waals surface area contributed by atoms with Crippen LogP contribution in [0, 0.1) is 5.82 Å². The number of esters is 1. The number of halogens is 1. The molecule has 0 fully saturated rings. The summed E-state index contributed by atoms with van der Waals surface area (Å²) >= 11 is 1.45. The Balaban J connectivity index is 1.54. The molecule has 1 amide bonds. The van der Waals surface area contributed by atoms with Crippen molar-refractivity contribution in [2.75, 3.05) is 11.9 Å². The average Bonchev–Trinajstić information content (AvgIpc) is 2.97. The van der Waals surface area contributed by atoms with Crippen LogP contribution in [0.4, 0.5) is 10.1 Å². The van der Waals surface area contributed by atoms with Crippen LogP contribution in [-0.2, 0) is 22.4 Å². The van der Waals surface area contributed by atoms with Gasteiger partial charge in [-0.15, -0.1) is 11.3 Å². The van der Waals surface area contributed by atoms with Crippen LogP contribution in [0.2, 0.25) is 0 Å². The highest BCUT2D eigenvalue weighted by molar-refractivity contribution is 7.14. The number of ether oxygens (including phenoxy) is 1. The number of amides is 1. The predicted molar refractivity (Wildman–Crippen MR) is 86.3 cm³/mol. The van der Waals surface area contributed by atoms with Gasteiger partial charge in [0, 0.05) is 10.6 Å². The lowest BCUT2D eigenvalue weighted by Gasteiger charge is -2.08. The fourth-order valence-corrected chi connectivity index (χ4v) is 3.70. The number of aryl methyl sites for hydroxylation is 2. The summed E-state index contributed by atoms with van der Waals surface area (Å²) in [6.07, 6.45) is 4.30. The predicted octanol–water partition coefficient (Wildman–Crippen LogP) is 3.56. The molecular formula is C17H16FNO3S. The fraction of sp³-hybridized carbons (Fsp3) is 0.294. The van der Waals surface area contributed by atoms with Crippen molar-refractivity contribution >= 4 is 28.9 Å². The second kappa shape index (κ2) is 6.91. The van der Waals surface area contributed by atoms with E-state index in [1.165, 1.54) is 40.0 Å². The molecule has 0 saturated carbocycles. The Morgan fingerprint density at radius 1 is 1.22 bits per heavy atom. The number of hydrogen-bond donors (Lipinski definition) is 1. The number of benzene rings is 1. The molecule has 120 valence electrons. The molecule has 1 aromatic carbocycles. The van der Waals surface area contributed by atoms with Gasteiger partial charge < -0.3 is 10.1 Å². The van der Waals surface area contributed by atoms with Crippen molar-refractivity contribution in [1.29, 1.82) is 0 Å². The van der Waals surface area contributed by atoms with Gasteiger partial charge in [0.15, 0.2) is 6.61 Å². The molecule has 0 saturated heterocycles. The minimum absolute atomic E-state index is 0.331. The third-order valence-corrected chi connectivity index (χ3v) is 4.86. The Morgan fingerprint density at radius 2 is 2.04 bits per heavy atom. The highest BCUT2D eigenvalue weighted by Gasteiger charge is 2.18. The molecule has 23 heavy (non-hydrogen) atoms. The van der Waals surface area contributed by atoms with E-state index in [1.807, 2.05) is 6.07 Å². The number of anilines is 1. The van der Waals surface area contributed by atoms with Crippen LogP contribution in [0.5, 0.6) is 0 Å². The fourth-order valence-electron chi connectivity index (χ4n) is 2.56. The Labute approximate surface area is 137 Å². The smallest absolute Gasteiger partial charge is 0.348 e. The topological polar surface area (TPSA) is 55.4 Å². The normalized spacial score (nSPS) is 13.3. The summed E-state index contributed by atoms with van der Waals surface area (Å²) in [4.78, 5) is 25.5. The summed E-state index contributed by atoms with van der Waals surface area (Å²) in [5, 5.41) is 2.49. The minimum Gasteiger partial charge on any atom is -0.451 e. The number of nitrogens with one attached hydrogen (secondary N) is 1. The molecule has 1 aromatic heterocycles. The standard InChI is InChI=1S/C17H16FNO3S/c18-12-5-3-6-13(9-12)19-16(20)10-22-17(21)15-8-11-4-1-2-7-14(11)23-15/h3,5-6,8-9H,1-2,4,7,10H2,(H,19,20). The Morgan fingerprint density at radius 3 is 2.83 bits per heavy atom. The van der Waals surface area contributed by atoms with Gasteiger partial charge in [0.2, 0.25) is 0 Å². The Hall–Kier alpha value is -2.21. The molecule has 1 N–H and O–H groups in total. The number of carbonyl (C=O) groups is 2. The molecule has 0 spiro atoms. The maximum absolute atomic E-state index is 13.0. The van der Waals surface area contributed by atoms with E-state index in [4.69, 9.17) is 4.74 Å². The lowest BCUT2D eigenvalue weighted by molar-refractivity contribution is -0.119. The second-order valence-electron chi connectivity index (χ2n) is 5.40. The Bertz CT molecular complexity index is 718. The summed E-state index contributed by atoms with van der Waals surface area (Å²) in [5.74, 6) is -1.42. The summed E-state index contributed by atoms with van der Waals surface area (Å²) in [6, 6.07) is 7.41. The average molecular weight is 333 g/mol. The summed E-state index contributed by atoms with van der Waals surface area (Å²) in [6.45, 7) is -0.391. The zero-order valence-corrected chi connectivity index (χ0v) is 13.2. The molecule has 1 aliphatic carbocycles. The van der Waals surface area contributed by atoms with E-state index in [9.17, 15) is 14.0 Å². The van der Waals surface area contributed by atoms with Gasteiger partial charge in [-0.05, 0) is 55.5 Å². The summed E-state index contributed by atoms with van der Waals surface area (Å²) < 4.78 is 18.1. The van der Waals surface area contributed by atoms with E-state index >= 15 is 0 Å². The molecule has 1 heterocycles. The maximum atomic E-state index is 13.0. The lowest BCUT2D eigenvalue weighted by Crippen LogP contribution is -2.20. The quantitative estimate of drug-likeness (QED) is 0.871. The van der Waals surface area contributed by atoms with E-state index < -0.39 is 24.3 Å². The van der Waals surface area contributed by atoms with Gasteiger partial charge in [-0.2, -0.15) is 0 Å². The molecule has 2 aromatic rings. The van der Waals surface area contributed by atoms with Crippen molar-refractivity contribution in [3.63, 3.8) is 0 Å². The second-order valence-corrected chi connectivity index (χ2v) is 6.54. The first kappa shape index (κ1) is 15.7. The van der Waals surface area contributed by atoms with Gasteiger partial charge in [0.1, 0.15) is 10.7 Å². The summed E-state index contributed by atoms with van der Waals surface area (Å²) in [5.41, 5.74) is 1.55. The number of rotatable bonds is 4. The maximum Gasteiger partial charge on any atom is 0.348 e. The molecule has 0 unspecified atom stereocenters. The first-order valence-corrected chi connectivity index (χ1v) is 8.27. The molecule has 6 heteroatoms. The number of thiophene rings is 1. The van der Waals surface area contributed by atoms with Crippen LogP contribution < -0.4 is 5.32 Å². The third-order valence-electron chi connectivity index (χ3n) is 3.64. The third kappa shape index (κ3) is 3.96. The first-order chi connectivity index (χ1) is 11.1. The van der Waals surface area contributed by atoms with E-state index in [0.29, 0.717) is 10.6 Å². The zero-order chi connectivity index (χ0) is 16.2. The van der Waals surface area contributed by atoms with Crippen LogP contribution >= 0.6 is 11.3 Å². The number of carbonyl (C=O) groups excluding carboxylic acids is 2. The van der Waals surface area contributed by atoms with Crippen molar-refractivity contribution in [3.8, 4) is 0 Å². The van der Waals surface area contributed by atoms with Crippen LogP contribution in [0.1, 0.15) is 33.0 Å². The number of fused-ring (bicyclic) bond motifs is 1. The molecule has 0 radical (unpaired) electrons. The van der Waals surface area contributed by atoms with Gasteiger partial charge in [-0.1, -0.05) is 6.07 Å². The SMILES string of the molecule is O=C(COC(=O)c1cc2c(s1)CCCC2)Nc1cccc(F)c1. The zero-order valence-electron chi connectivity index (χ0n) is 12.4. The van der Waals surface area contributed by atoms with Crippen molar-refractivity contribution in [1.82, 2.24) is 0 Å². The Kier molecular flexibility index (Phi) is 4.71. The number of hydrogen-bond acceptors (Lipinski definition) is 4. The molecule has 3 rings (SSSR count). The van der Waals surface area contributed by atoms with Gasteiger partial charge in [0.05, 0.1) is 0 Å². The van der Waals surface area contributed by atoms with Crippen LogP contribution in [0.3, 0.4) is 0 Å². The van der Waals surface area contributed by atoms with Crippen molar-refractivity contribution in [2.45, 2.75) is 25.7 Å². The molecule has 0 aliphatic heterocycles. The van der Waals surface area contributed by atoms with E-state index in [2.05, 4.69) is 5.32 Å². The van der Waals surface area contributed by atoms with Crippen LogP contribution in [0.25, 0.3) is 0 Å². The largest absolute Gasteiger partial charge is 0.451 e. The molecule has 4 nitrogen and oxygen atoms in total. The molecular weight excluding hydrogens is 317 g/mol. The highest BCUT2D eigenvalue weighted by atomic mass is 32.1. The van der Waals surface area contributed by atoms with Gasteiger partial charge >= 0.3 is 5.97 Å². The minimum atomic E-state index is -0.495. The van der Waals surface area contributed by atoms with Gasteiger partial charge in [0.25, 0.3) is 5.91 Å². The van der Waals surface area contributed by atoms with Crippen LogP contribution in [-0.4, -0.2) is 18.5 Å². The lowest BCUT2D eigenvalue weighted by atomic mass is 9.99. The van der Waals surface area contributed by atoms with Gasteiger partial charge in [-0.3, -0.25) is 4.79 Å². The molecule has 0 atom stereocenters. The van der Waals surface area contributed by atoms with Crippen molar-refractivity contribution < 1.29 is 18.7 Å². The van der Waals surface area contributed by atoms with E-state index in [0.717, 1.165) is 25.7 Å².